The number of likely N-dealkylation sites (N-methyl/N-ethyl adjacent to an activating group) is 1. The summed E-state index contributed by atoms with van der Waals surface area (Å²) in [5.74, 6) is 1.11. The summed E-state index contributed by atoms with van der Waals surface area (Å²) in [6, 6.07) is 6.32. The molecule has 4 rings (SSSR count). The van der Waals surface area contributed by atoms with Gasteiger partial charge in [-0.2, -0.15) is 0 Å². The van der Waals surface area contributed by atoms with Crippen LogP contribution in [-0.4, -0.2) is 52.4 Å². The zero-order chi connectivity index (χ0) is 15.8. The number of aromatic nitrogens is 2. The smallest absolute Gasteiger partial charge is 0.254 e. The van der Waals surface area contributed by atoms with Crippen LogP contribution in [-0.2, 0) is 12.8 Å². The summed E-state index contributed by atoms with van der Waals surface area (Å²) in [6.45, 7) is 2.33. The summed E-state index contributed by atoms with van der Waals surface area (Å²) in [7, 11) is 2.09. The van der Waals surface area contributed by atoms with Crippen molar-refractivity contribution in [2.24, 2.45) is 0 Å². The van der Waals surface area contributed by atoms with Gasteiger partial charge in [-0.1, -0.05) is 12.1 Å². The number of piperazine rings is 1. The summed E-state index contributed by atoms with van der Waals surface area (Å²) >= 11 is 0. The van der Waals surface area contributed by atoms with Crippen molar-refractivity contribution in [3.63, 3.8) is 0 Å². The van der Waals surface area contributed by atoms with E-state index in [4.69, 9.17) is 0 Å². The highest BCUT2D eigenvalue weighted by atomic mass is 16.2. The van der Waals surface area contributed by atoms with E-state index in [1.807, 2.05) is 23.2 Å². The number of carbonyl (C=O) groups is 1. The lowest BCUT2D eigenvalue weighted by molar-refractivity contribution is 0.0533. The van der Waals surface area contributed by atoms with Crippen LogP contribution < -0.4 is 0 Å². The molecule has 0 spiro atoms. The Balaban J connectivity index is 1.59. The summed E-state index contributed by atoms with van der Waals surface area (Å²) < 4.78 is 0. The van der Waals surface area contributed by atoms with Crippen LogP contribution in [0.25, 0.3) is 0 Å². The van der Waals surface area contributed by atoms with E-state index in [9.17, 15) is 4.79 Å². The van der Waals surface area contributed by atoms with Crippen LogP contribution in [0.4, 0.5) is 0 Å². The van der Waals surface area contributed by atoms with Crippen LogP contribution in [0, 0.1) is 0 Å². The van der Waals surface area contributed by atoms with E-state index in [1.165, 1.54) is 11.1 Å². The van der Waals surface area contributed by atoms with Gasteiger partial charge in [0, 0.05) is 37.6 Å². The second-order valence-corrected chi connectivity index (χ2v) is 6.52. The van der Waals surface area contributed by atoms with E-state index in [0.717, 1.165) is 43.7 Å². The van der Waals surface area contributed by atoms with Crippen molar-refractivity contribution >= 4 is 5.91 Å². The molecule has 1 unspecified atom stereocenters. The number of benzene rings is 1. The number of hydrogen-bond donors (Lipinski definition) is 1. The van der Waals surface area contributed by atoms with Crippen molar-refractivity contribution in [1.82, 2.24) is 19.8 Å². The number of aryl methyl sites for hydroxylation is 1. The van der Waals surface area contributed by atoms with Gasteiger partial charge in [0.1, 0.15) is 5.82 Å². The fraction of sp³-hybridized carbons (Fsp3) is 0.444. The Labute approximate surface area is 136 Å². The highest BCUT2D eigenvalue weighted by Gasteiger charge is 2.31. The number of imidazole rings is 1. The highest BCUT2D eigenvalue weighted by molar-refractivity contribution is 5.96. The van der Waals surface area contributed by atoms with Crippen LogP contribution in [0.3, 0.4) is 0 Å². The number of carbonyl (C=O) groups excluding carboxylic acids is 1. The fourth-order valence-corrected chi connectivity index (χ4v) is 3.80. The van der Waals surface area contributed by atoms with Gasteiger partial charge in [0.25, 0.3) is 5.91 Å². The van der Waals surface area contributed by atoms with E-state index in [0.29, 0.717) is 6.54 Å². The second-order valence-electron chi connectivity index (χ2n) is 6.52. The predicted molar refractivity (Wildman–Crippen MR) is 88.3 cm³/mol. The van der Waals surface area contributed by atoms with Crippen molar-refractivity contribution in [3.05, 3.63) is 53.1 Å². The molecule has 1 N–H and O–H groups in total. The van der Waals surface area contributed by atoms with Gasteiger partial charge in [0.15, 0.2) is 0 Å². The summed E-state index contributed by atoms with van der Waals surface area (Å²) in [4.78, 5) is 24.9. The number of nitrogens with one attached hydrogen (secondary N) is 1. The minimum absolute atomic E-state index is 0.138. The lowest BCUT2D eigenvalue weighted by Gasteiger charge is -2.38. The van der Waals surface area contributed by atoms with Gasteiger partial charge in [-0.3, -0.25) is 9.69 Å². The molecular formula is C18H22N4O. The minimum atomic E-state index is 0.138. The molecule has 1 fully saturated rings. The molecule has 2 aliphatic rings. The van der Waals surface area contributed by atoms with Gasteiger partial charge in [0.2, 0.25) is 0 Å². The Hall–Kier alpha value is -2.14. The minimum Gasteiger partial charge on any atom is -0.347 e. The molecule has 1 atom stereocenters. The van der Waals surface area contributed by atoms with Crippen molar-refractivity contribution in [2.45, 2.75) is 25.3 Å². The zero-order valence-electron chi connectivity index (χ0n) is 13.5. The Kier molecular flexibility index (Phi) is 3.65. The first-order valence-corrected chi connectivity index (χ1v) is 8.33. The number of aromatic amines is 1. The maximum absolute atomic E-state index is 13.1. The molecule has 1 aliphatic carbocycles. The predicted octanol–water partition coefficient (Wildman–Crippen LogP) is 2.03. The Morgan fingerprint density at radius 1 is 1.30 bits per heavy atom. The Morgan fingerprint density at radius 3 is 3.04 bits per heavy atom. The number of amides is 1. The van der Waals surface area contributed by atoms with Crippen LogP contribution >= 0.6 is 0 Å². The molecule has 5 nitrogen and oxygen atoms in total. The molecule has 1 aliphatic heterocycles. The van der Waals surface area contributed by atoms with Crippen LogP contribution in [0.15, 0.2) is 30.6 Å². The summed E-state index contributed by atoms with van der Waals surface area (Å²) in [5, 5.41) is 0. The van der Waals surface area contributed by atoms with Crippen molar-refractivity contribution in [3.8, 4) is 0 Å². The van der Waals surface area contributed by atoms with E-state index < -0.39 is 0 Å². The summed E-state index contributed by atoms with van der Waals surface area (Å²) in [6.07, 6.45) is 6.92. The van der Waals surface area contributed by atoms with Crippen molar-refractivity contribution in [1.29, 1.82) is 0 Å². The van der Waals surface area contributed by atoms with Gasteiger partial charge in [-0.05, 0) is 43.5 Å². The second kappa shape index (κ2) is 5.81. The van der Waals surface area contributed by atoms with E-state index in [-0.39, 0.29) is 11.9 Å². The molecule has 1 saturated heterocycles. The molecule has 120 valence electrons. The number of fused-ring (bicyclic) bond motifs is 1. The molecule has 2 aromatic rings. The molecule has 0 radical (unpaired) electrons. The quantitative estimate of drug-likeness (QED) is 0.923. The Morgan fingerprint density at radius 2 is 2.22 bits per heavy atom. The van der Waals surface area contributed by atoms with E-state index >= 15 is 0 Å². The van der Waals surface area contributed by atoms with Crippen LogP contribution in [0.1, 0.15) is 39.8 Å². The van der Waals surface area contributed by atoms with Crippen LogP contribution in [0.2, 0.25) is 0 Å². The molecular weight excluding hydrogens is 288 g/mol. The van der Waals surface area contributed by atoms with E-state index in [2.05, 4.69) is 28.0 Å². The molecule has 23 heavy (non-hydrogen) atoms. The third-order valence-corrected chi connectivity index (χ3v) is 5.15. The number of hydrogen-bond acceptors (Lipinski definition) is 3. The van der Waals surface area contributed by atoms with Gasteiger partial charge < -0.3 is 9.88 Å². The summed E-state index contributed by atoms with van der Waals surface area (Å²) in [5.41, 5.74) is 3.53. The third-order valence-electron chi connectivity index (χ3n) is 5.15. The average molecular weight is 310 g/mol. The first-order chi connectivity index (χ1) is 11.2. The number of rotatable bonds is 2. The highest BCUT2D eigenvalue weighted by Crippen LogP contribution is 2.28. The molecule has 1 aromatic carbocycles. The number of nitrogens with zero attached hydrogens (tertiary/aromatic N) is 3. The first-order valence-electron chi connectivity index (χ1n) is 8.33. The SMILES string of the molecule is CN1CCN(C(=O)c2cccc3c2CCC3)CC1c1ncc[nH]1. The molecule has 1 amide bonds. The van der Waals surface area contributed by atoms with Crippen LogP contribution in [0.5, 0.6) is 0 Å². The molecule has 5 heteroatoms. The van der Waals surface area contributed by atoms with E-state index in [1.54, 1.807) is 6.20 Å². The van der Waals surface area contributed by atoms with Crippen molar-refractivity contribution < 1.29 is 4.79 Å². The lowest BCUT2D eigenvalue weighted by Crippen LogP contribution is -2.49. The molecule has 0 bridgehead atoms. The third kappa shape index (κ3) is 2.55. The maximum atomic E-state index is 13.1. The first kappa shape index (κ1) is 14.5. The lowest BCUT2D eigenvalue weighted by atomic mass is 10.0. The standard InChI is InChI=1S/C18H22N4O/c1-21-10-11-22(12-16(21)17-19-8-9-20-17)18(23)15-7-3-5-13-4-2-6-14(13)15/h3,5,7-9,16H,2,4,6,10-12H2,1H3,(H,19,20). The van der Waals surface area contributed by atoms with Crippen molar-refractivity contribution in [2.75, 3.05) is 26.7 Å². The topological polar surface area (TPSA) is 52.2 Å². The van der Waals surface area contributed by atoms with Gasteiger partial charge in [-0.25, -0.2) is 4.98 Å². The molecule has 0 saturated carbocycles. The maximum Gasteiger partial charge on any atom is 0.254 e. The fourth-order valence-electron chi connectivity index (χ4n) is 3.80. The molecule has 2 heterocycles. The average Bonchev–Trinajstić information content (AvgIpc) is 3.25. The normalized spacial score (nSPS) is 21.4. The van der Waals surface area contributed by atoms with Gasteiger partial charge in [-0.15, -0.1) is 0 Å². The molecule has 1 aromatic heterocycles. The zero-order valence-corrected chi connectivity index (χ0v) is 13.5. The number of H-pyrrole nitrogens is 1. The largest absolute Gasteiger partial charge is 0.347 e. The van der Waals surface area contributed by atoms with Gasteiger partial charge >= 0.3 is 0 Å². The Bertz CT molecular complexity index is 710. The van der Waals surface area contributed by atoms with Gasteiger partial charge in [0.05, 0.1) is 6.04 Å². The monoisotopic (exact) mass is 310 g/mol.